The Balaban J connectivity index is 1.82. The molecule has 6 heteroatoms. The van der Waals surface area contributed by atoms with E-state index >= 15 is 0 Å². The van der Waals surface area contributed by atoms with Crippen molar-refractivity contribution in [3.8, 4) is 6.07 Å². The van der Waals surface area contributed by atoms with Gasteiger partial charge >= 0.3 is 6.09 Å². The first kappa shape index (κ1) is 20.0. The minimum absolute atomic E-state index is 0.104. The lowest BCUT2D eigenvalue weighted by molar-refractivity contribution is -0.120. The van der Waals surface area contributed by atoms with Crippen LogP contribution in [0.1, 0.15) is 37.5 Å². The summed E-state index contributed by atoms with van der Waals surface area (Å²) in [6.07, 6.45) is -0.279. The summed E-state index contributed by atoms with van der Waals surface area (Å²) in [6.45, 7) is 5.80. The SMILES string of the molecule is CC(C)(C)OC(=O)Nc1ccc(CC(=O)NCc2ccc(C#N)cc2)cc1. The second-order valence-corrected chi connectivity index (χ2v) is 7.09. The summed E-state index contributed by atoms with van der Waals surface area (Å²) < 4.78 is 5.19. The molecule has 2 aromatic carbocycles. The third kappa shape index (κ3) is 7.20. The van der Waals surface area contributed by atoms with Crippen molar-refractivity contribution in [1.82, 2.24) is 5.32 Å². The molecule has 2 N–H and O–H groups in total. The Morgan fingerprint density at radius 3 is 2.15 bits per heavy atom. The zero-order valence-corrected chi connectivity index (χ0v) is 15.7. The van der Waals surface area contributed by atoms with Crippen LogP contribution in [0, 0.1) is 11.3 Å². The first-order chi connectivity index (χ1) is 12.7. The van der Waals surface area contributed by atoms with E-state index in [1.165, 1.54) is 0 Å². The van der Waals surface area contributed by atoms with Crippen LogP contribution in [0.2, 0.25) is 0 Å². The van der Waals surface area contributed by atoms with E-state index in [-0.39, 0.29) is 12.3 Å². The maximum absolute atomic E-state index is 12.1. The van der Waals surface area contributed by atoms with Crippen LogP contribution in [0.5, 0.6) is 0 Å². The van der Waals surface area contributed by atoms with Gasteiger partial charge in [0.05, 0.1) is 18.1 Å². The standard InChI is InChI=1S/C21H23N3O3/c1-21(2,3)27-20(26)24-18-10-8-15(9-11-18)12-19(25)23-14-17-6-4-16(13-22)5-7-17/h4-11H,12,14H2,1-3H3,(H,23,25)(H,24,26). The number of hydrogen-bond donors (Lipinski definition) is 2. The highest BCUT2D eigenvalue weighted by atomic mass is 16.6. The van der Waals surface area contributed by atoms with Gasteiger partial charge in [-0.2, -0.15) is 5.26 Å². The first-order valence-electron chi connectivity index (χ1n) is 8.60. The molecule has 0 aliphatic rings. The summed E-state index contributed by atoms with van der Waals surface area (Å²) in [4.78, 5) is 23.8. The molecule has 0 heterocycles. The van der Waals surface area contributed by atoms with E-state index in [0.29, 0.717) is 17.8 Å². The van der Waals surface area contributed by atoms with Gasteiger partial charge in [0, 0.05) is 12.2 Å². The summed E-state index contributed by atoms with van der Waals surface area (Å²) >= 11 is 0. The predicted octanol–water partition coefficient (Wildman–Crippen LogP) is 3.76. The van der Waals surface area contributed by atoms with E-state index < -0.39 is 11.7 Å². The van der Waals surface area contributed by atoms with Crippen LogP contribution in [-0.2, 0) is 22.5 Å². The van der Waals surface area contributed by atoms with Gasteiger partial charge in [0.25, 0.3) is 0 Å². The first-order valence-corrected chi connectivity index (χ1v) is 8.60. The molecule has 0 saturated heterocycles. The minimum Gasteiger partial charge on any atom is -0.444 e. The third-order valence-electron chi connectivity index (χ3n) is 3.54. The molecule has 2 aromatic rings. The Morgan fingerprint density at radius 2 is 1.59 bits per heavy atom. The summed E-state index contributed by atoms with van der Waals surface area (Å²) in [7, 11) is 0. The zero-order chi connectivity index (χ0) is 19.9. The third-order valence-corrected chi connectivity index (χ3v) is 3.54. The zero-order valence-electron chi connectivity index (χ0n) is 15.7. The molecule has 27 heavy (non-hydrogen) atoms. The van der Waals surface area contributed by atoms with Gasteiger partial charge in [-0.05, 0) is 56.2 Å². The molecule has 0 saturated carbocycles. The average molecular weight is 365 g/mol. The van der Waals surface area contributed by atoms with Crippen LogP contribution in [0.3, 0.4) is 0 Å². The number of benzene rings is 2. The van der Waals surface area contributed by atoms with Crippen LogP contribution >= 0.6 is 0 Å². The largest absolute Gasteiger partial charge is 0.444 e. The van der Waals surface area contributed by atoms with Crippen LogP contribution in [0.25, 0.3) is 0 Å². The van der Waals surface area contributed by atoms with E-state index in [0.717, 1.165) is 11.1 Å². The van der Waals surface area contributed by atoms with E-state index in [4.69, 9.17) is 10.00 Å². The quantitative estimate of drug-likeness (QED) is 0.844. The monoisotopic (exact) mass is 365 g/mol. The summed E-state index contributed by atoms with van der Waals surface area (Å²) in [5.41, 5.74) is 2.40. The number of hydrogen-bond acceptors (Lipinski definition) is 4. The molecule has 0 bridgehead atoms. The lowest BCUT2D eigenvalue weighted by Crippen LogP contribution is -2.27. The highest BCUT2D eigenvalue weighted by Crippen LogP contribution is 2.13. The van der Waals surface area contributed by atoms with Gasteiger partial charge < -0.3 is 10.1 Å². The van der Waals surface area contributed by atoms with E-state index in [1.54, 1.807) is 57.2 Å². The van der Waals surface area contributed by atoms with Crippen LogP contribution in [-0.4, -0.2) is 17.6 Å². The fraction of sp³-hybridized carbons (Fsp3) is 0.286. The Labute approximate surface area is 159 Å². The van der Waals surface area contributed by atoms with E-state index in [9.17, 15) is 9.59 Å². The van der Waals surface area contributed by atoms with Gasteiger partial charge in [-0.3, -0.25) is 10.1 Å². The molecule has 0 fully saturated rings. The molecular weight excluding hydrogens is 342 g/mol. The molecule has 6 nitrogen and oxygen atoms in total. The van der Waals surface area contributed by atoms with Gasteiger partial charge in [-0.15, -0.1) is 0 Å². The van der Waals surface area contributed by atoms with Gasteiger partial charge in [-0.1, -0.05) is 24.3 Å². The van der Waals surface area contributed by atoms with Gasteiger partial charge in [0.1, 0.15) is 5.60 Å². The van der Waals surface area contributed by atoms with Crippen molar-refractivity contribution in [2.45, 2.75) is 39.3 Å². The van der Waals surface area contributed by atoms with Crippen molar-refractivity contribution in [3.63, 3.8) is 0 Å². The highest BCUT2D eigenvalue weighted by molar-refractivity contribution is 5.85. The summed E-state index contributed by atoms with van der Waals surface area (Å²) in [6, 6.07) is 16.2. The van der Waals surface area contributed by atoms with Crippen LogP contribution in [0.4, 0.5) is 10.5 Å². The molecule has 2 amide bonds. The van der Waals surface area contributed by atoms with Gasteiger partial charge in [0.15, 0.2) is 0 Å². The fourth-order valence-electron chi connectivity index (χ4n) is 2.27. The Bertz CT molecular complexity index is 829. The van der Waals surface area contributed by atoms with Crippen molar-refractivity contribution in [2.24, 2.45) is 0 Å². The smallest absolute Gasteiger partial charge is 0.412 e. The number of rotatable bonds is 5. The molecule has 0 aromatic heterocycles. The number of nitrogens with zero attached hydrogens (tertiary/aromatic N) is 1. The Hall–Kier alpha value is -3.33. The van der Waals surface area contributed by atoms with Gasteiger partial charge in [-0.25, -0.2) is 4.79 Å². The Morgan fingerprint density at radius 1 is 1.00 bits per heavy atom. The number of carbonyl (C=O) groups excluding carboxylic acids is 2. The maximum atomic E-state index is 12.1. The topological polar surface area (TPSA) is 91.2 Å². The number of carbonyl (C=O) groups is 2. The van der Waals surface area contributed by atoms with Crippen molar-refractivity contribution in [1.29, 1.82) is 5.26 Å². The maximum Gasteiger partial charge on any atom is 0.412 e. The molecule has 0 atom stereocenters. The number of ether oxygens (including phenoxy) is 1. The van der Waals surface area contributed by atoms with Crippen molar-refractivity contribution in [2.75, 3.05) is 5.32 Å². The predicted molar refractivity (Wildman–Crippen MR) is 103 cm³/mol. The molecule has 0 spiro atoms. The highest BCUT2D eigenvalue weighted by Gasteiger charge is 2.16. The average Bonchev–Trinajstić information content (AvgIpc) is 2.60. The number of nitriles is 1. The molecule has 2 rings (SSSR count). The minimum atomic E-state index is -0.558. The normalized spacial score (nSPS) is 10.6. The van der Waals surface area contributed by atoms with Crippen LogP contribution < -0.4 is 10.6 Å². The van der Waals surface area contributed by atoms with Crippen molar-refractivity contribution in [3.05, 3.63) is 65.2 Å². The molecule has 0 radical (unpaired) electrons. The van der Waals surface area contributed by atoms with Crippen LogP contribution in [0.15, 0.2) is 48.5 Å². The van der Waals surface area contributed by atoms with E-state index in [2.05, 4.69) is 16.7 Å². The molecule has 0 aliphatic heterocycles. The second kappa shape index (κ2) is 8.86. The van der Waals surface area contributed by atoms with E-state index in [1.807, 2.05) is 12.1 Å². The summed E-state index contributed by atoms with van der Waals surface area (Å²) in [5, 5.41) is 14.3. The molecule has 0 aliphatic carbocycles. The van der Waals surface area contributed by atoms with Gasteiger partial charge in [0.2, 0.25) is 5.91 Å². The molecule has 0 unspecified atom stereocenters. The fourth-order valence-corrected chi connectivity index (χ4v) is 2.27. The number of amides is 2. The molecule has 140 valence electrons. The number of anilines is 1. The number of nitrogens with one attached hydrogen (secondary N) is 2. The lowest BCUT2D eigenvalue weighted by atomic mass is 10.1. The lowest BCUT2D eigenvalue weighted by Gasteiger charge is -2.19. The second-order valence-electron chi connectivity index (χ2n) is 7.09. The van der Waals surface area contributed by atoms with Crippen molar-refractivity contribution < 1.29 is 14.3 Å². The Kier molecular flexibility index (Phi) is 6.56. The summed E-state index contributed by atoms with van der Waals surface area (Å²) in [5.74, 6) is -0.104. The van der Waals surface area contributed by atoms with Crippen molar-refractivity contribution >= 4 is 17.7 Å². The molecular formula is C21H23N3O3.